The van der Waals surface area contributed by atoms with Crippen LogP contribution < -0.4 is 9.47 Å². The van der Waals surface area contributed by atoms with Crippen molar-refractivity contribution in [1.29, 1.82) is 0 Å². The van der Waals surface area contributed by atoms with Crippen LogP contribution in [0.5, 0.6) is 11.5 Å². The fourth-order valence-electron chi connectivity index (χ4n) is 3.61. The van der Waals surface area contributed by atoms with Gasteiger partial charge in [-0.3, -0.25) is 9.58 Å². The summed E-state index contributed by atoms with van der Waals surface area (Å²) in [6.07, 6.45) is -0.533. The second-order valence-corrected chi connectivity index (χ2v) is 7.43. The molecule has 4 rings (SSSR count). The lowest BCUT2D eigenvalue weighted by molar-refractivity contribution is 0.189. The molecule has 6 nitrogen and oxygen atoms in total. The van der Waals surface area contributed by atoms with Gasteiger partial charge in [0.05, 0.1) is 31.1 Å². The lowest BCUT2D eigenvalue weighted by Crippen LogP contribution is -2.33. The summed E-state index contributed by atoms with van der Waals surface area (Å²) in [6, 6.07) is 18.2. The SMILES string of the molecule is COc1cc(CN2CCn3nc(C(C)O)cc3C2)ccc1OCc1ccccc1. The van der Waals surface area contributed by atoms with Gasteiger partial charge in [0.25, 0.3) is 0 Å². The van der Waals surface area contributed by atoms with Crippen molar-refractivity contribution in [3.63, 3.8) is 0 Å². The summed E-state index contributed by atoms with van der Waals surface area (Å²) in [5.74, 6) is 1.50. The number of benzene rings is 2. The maximum Gasteiger partial charge on any atom is 0.161 e. The Labute approximate surface area is 171 Å². The predicted octanol–water partition coefficient (Wildman–Crippen LogP) is 3.54. The molecule has 29 heavy (non-hydrogen) atoms. The van der Waals surface area contributed by atoms with Crippen molar-refractivity contribution in [1.82, 2.24) is 14.7 Å². The molecule has 0 saturated carbocycles. The molecule has 1 atom stereocenters. The van der Waals surface area contributed by atoms with Gasteiger partial charge in [-0.1, -0.05) is 36.4 Å². The van der Waals surface area contributed by atoms with E-state index in [1.54, 1.807) is 14.0 Å². The Morgan fingerprint density at radius 3 is 2.62 bits per heavy atom. The van der Waals surface area contributed by atoms with Gasteiger partial charge in [0.2, 0.25) is 0 Å². The van der Waals surface area contributed by atoms with Crippen molar-refractivity contribution in [3.8, 4) is 11.5 Å². The molecule has 1 aliphatic rings. The quantitative estimate of drug-likeness (QED) is 0.665. The highest BCUT2D eigenvalue weighted by molar-refractivity contribution is 5.43. The van der Waals surface area contributed by atoms with E-state index >= 15 is 0 Å². The van der Waals surface area contributed by atoms with E-state index in [2.05, 4.69) is 16.1 Å². The minimum atomic E-state index is -0.533. The van der Waals surface area contributed by atoms with E-state index in [0.29, 0.717) is 6.61 Å². The third kappa shape index (κ3) is 4.60. The Kier molecular flexibility index (Phi) is 5.83. The Bertz CT molecular complexity index is 953. The van der Waals surface area contributed by atoms with E-state index < -0.39 is 6.10 Å². The topological polar surface area (TPSA) is 59.8 Å². The number of methoxy groups -OCH3 is 1. The summed E-state index contributed by atoms with van der Waals surface area (Å²) >= 11 is 0. The van der Waals surface area contributed by atoms with E-state index in [0.717, 1.165) is 54.6 Å². The lowest BCUT2D eigenvalue weighted by atomic mass is 10.1. The molecule has 0 aliphatic carbocycles. The molecule has 152 valence electrons. The van der Waals surface area contributed by atoms with Gasteiger partial charge in [-0.05, 0) is 36.2 Å². The molecule has 0 radical (unpaired) electrons. The average molecular weight is 393 g/mol. The largest absolute Gasteiger partial charge is 0.493 e. The highest BCUT2D eigenvalue weighted by atomic mass is 16.5. The zero-order valence-corrected chi connectivity index (χ0v) is 16.9. The molecular formula is C23H27N3O3. The Hall–Kier alpha value is -2.83. The van der Waals surface area contributed by atoms with E-state index in [1.807, 2.05) is 53.2 Å². The molecule has 0 bridgehead atoms. The standard InChI is InChI=1S/C23H27N3O3/c1-17(27)21-13-20-15-25(10-11-26(20)24-21)14-19-8-9-22(23(12-19)28-2)29-16-18-6-4-3-5-7-18/h3-9,12-13,17,27H,10-11,14-16H2,1-2H3. The van der Waals surface area contributed by atoms with E-state index in [4.69, 9.17) is 9.47 Å². The Balaban J connectivity index is 1.41. The van der Waals surface area contributed by atoms with Gasteiger partial charge >= 0.3 is 0 Å². The van der Waals surface area contributed by atoms with Crippen LogP contribution in [0.3, 0.4) is 0 Å². The van der Waals surface area contributed by atoms with Crippen molar-refractivity contribution in [2.24, 2.45) is 0 Å². The predicted molar refractivity (Wildman–Crippen MR) is 111 cm³/mol. The van der Waals surface area contributed by atoms with Crippen molar-refractivity contribution < 1.29 is 14.6 Å². The van der Waals surface area contributed by atoms with Crippen molar-refractivity contribution in [2.75, 3.05) is 13.7 Å². The fourth-order valence-corrected chi connectivity index (χ4v) is 3.61. The summed E-state index contributed by atoms with van der Waals surface area (Å²) in [7, 11) is 1.67. The molecule has 1 aromatic heterocycles. The third-order valence-electron chi connectivity index (χ3n) is 5.20. The van der Waals surface area contributed by atoms with E-state index in [-0.39, 0.29) is 0 Å². The molecule has 2 aromatic carbocycles. The van der Waals surface area contributed by atoms with Gasteiger partial charge in [-0.2, -0.15) is 5.10 Å². The Morgan fingerprint density at radius 1 is 1.03 bits per heavy atom. The van der Waals surface area contributed by atoms with Crippen LogP contribution in [0.4, 0.5) is 0 Å². The maximum atomic E-state index is 9.76. The number of aliphatic hydroxyl groups is 1. The number of fused-ring (bicyclic) bond motifs is 1. The normalized spacial score (nSPS) is 15.0. The fraction of sp³-hybridized carbons (Fsp3) is 0.348. The first-order valence-electron chi connectivity index (χ1n) is 9.93. The summed E-state index contributed by atoms with van der Waals surface area (Å²) in [4.78, 5) is 2.38. The molecule has 0 spiro atoms. The number of aromatic nitrogens is 2. The summed E-state index contributed by atoms with van der Waals surface area (Å²) < 4.78 is 13.5. The number of hydrogen-bond acceptors (Lipinski definition) is 5. The van der Waals surface area contributed by atoms with Crippen LogP contribution in [-0.2, 0) is 26.2 Å². The average Bonchev–Trinajstić information content (AvgIpc) is 3.17. The molecule has 0 saturated heterocycles. The Morgan fingerprint density at radius 2 is 1.86 bits per heavy atom. The van der Waals surface area contributed by atoms with Crippen LogP contribution in [0.15, 0.2) is 54.6 Å². The second kappa shape index (κ2) is 8.68. The van der Waals surface area contributed by atoms with Gasteiger partial charge in [0.15, 0.2) is 11.5 Å². The molecule has 1 unspecified atom stereocenters. The highest BCUT2D eigenvalue weighted by Gasteiger charge is 2.20. The van der Waals surface area contributed by atoms with Crippen LogP contribution >= 0.6 is 0 Å². The lowest BCUT2D eigenvalue weighted by Gasteiger charge is -2.27. The zero-order valence-electron chi connectivity index (χ0n) is 16.9. The maximum absolute atomic E-state index is 9.76. The minimum absolute atomic E-state index is 0.512. The number of ether oxygens (including phenoxy) is 2. The zero-order chi connectivity index (χ0) is 20.2. The monoisotopic (exact) mass is 393 g/mol. The van der Waals surface area contributed by atoms with Crippen LogP contribution in [0.25, 0.3) is 0 Å². The number of aliphatic hydroxyl groups excluding tert-OH is 1. The molecule has 1 N–H and O–H groups in total. The van der Waals surface area contributed by atoms with Crippen molar-refractivity contribution in [3.05, 3.63) is 77.1 Å². The van der Waals surface area contributed by atoms with Crippen LogP contribution in [0, 0.1) is 0 Å². The van der Waals surface area contributed by atoms with Crippen molar-refractivity contribution >= 4 is 0 Å². The molecule has 6 heteroatoms. The molecule has 0 fully saturated rings. The number of rotatable bonds is 7. The first-order valence-corrected chi connectivity index (χ1v) is 9.93. The van der Waals surface area contributed by atoms with Crippen LogP contribution in [0.1, 0.15) is 35.5 Å². The van der Waals surface area contributed by atoms with E-state index in [9.17, 15) is 5.11 Å². The molecule has 0 amide bonds. The summed E-state index contributed by atoms with van der Waals surface area (Å²) in [5, 5.41) is 14.2. The van der Waals surface area contributed by atoms with Gasteiger partial charge in [-0.25, -0.2) is 0 Å². The highest BCUT2D eigenvalue weighted by Crippen LogP contribution is 2.30. The van der Waals surface area contributed by atoms with Crippen molar-refractivity contribution in [2.45, 2.75) is 39.3 Å². The summed E-state index contributed by atoms with van der Waals surface area (Å²) in [6.45, 7) is 5.65. The second-order valence-electron chi connectivity index (χ2n) is 7.43. The van der Waals surface area contributed by atoms with Gasteiger partial charge in [0.1, 0.15) is 6.61 Å². The minimum Gasteiger partial charge on any atom is -0.493 e. The van der Waals surface area contributed by atoms with Gasteiger partial charge in [-0.15, -0.1) is 0 Å². The molecule has 3 aromatic rings. The number of nitrogens with zero attached hydrogens (tertiary/aromatic N) is 3. The molecule has 2 heterocycles. The number of hydrogen-bond donors (Lipinski definition) is 1. The first kappa shape index (κ1) is 19.5. The van der Waals surface area contributed by atoms with Gasteiger partial charge < -0.3 is 14.6 Å². The first-order chi connectivity index (χ1) is 14.1. The third-order valence-corrected chi connectivity index (χ3v) is 5.20. The summed E-state index contributed by atoms with van der Waals surface area (Å²) in [5.41, 5.74) is 4.18. The van der Waals surface area contributed by atoms with E-state index in [1.165, 1.54) is 5.56 Å². The smallest absolute Gasteiger partial charge is 0.161 e. The molecule has 1 aliphatic heterocycles. The van der Waals surface area contributed by atoms with Crippen LogP contribution in [0.2, 0.25) is 0 Å². The molecular weight excluding hydrogens is 366 g/mol. The van der Waals surface area contributed by atoms with Gasteiger partial charge in [0, 0.05) is 19.6 Å². The van der Waals surface area contributed by atoms with Crippen LogP contribution in [-0.4, -0.2) is 33.4 Å².